The zero-order valence-electron chi connectivity index (χ0n) is 40.2. The molecule has 0 aliphatic rings. The van der Waals surface area contributed by atoms with Gasteiger partial charge in [0.05, 0.1) is 25.4 Å². The lowest BCUT2D eigenvalue weighted by Crippen LogP contribution is -2.45. The zero-order chi connectivity index (χ0) is 43.7. The molecule has 0 aromatic carbocycles. The number of amides is 1. The number of carbonyl (C=O) groups excluding carboxylic acids is 2. The first-order valence-electron chi connectivity index (χ1n) is 26.6. The van der Waals surface area contributed by atoms with Gasteiger partial charge in [-0.2, -0.15) is 0 Å². The summed E-state index contributed by atoms with van der Waals surface area (Å²) >= 11 is 0. The second-order valence-corrected chi connectivity index (χ2v) is 18.2. The number of esters is 1. The average molecular weight is 846 g/mol. The van der Waals surface area contributed by atoms with Crippen LogP contribution in [-0.2, 0) is 14.3 Å². The number of rotatable bonds is 49. The van der Waals surface area contributed by atoms with E-state index in [1.165, 1.54) is 180 Å². The highest BCUT2D eigenvalue weighted by molar-refractivity contribution is 5.76. The van der Waals surface area contributed by atoms with Gasteiger partial charge in [0.1, 0.15) is 0 Å². The van der Waals surface area contributed by atoms with Crippen LogP contribution in [0.1, 0.15) is 284 Å². The molecule has 1 amide bonds. The molecule has 0 aliphatic heterocycles. The van der Waals surface area contributed by atoms with Gasteiger partial charge in [-0.3, -0.25) is 9.59 Å². The smallest absolute Gasteiger partial charge is 0.305 e. The normalized spacial score (nSPS) is 12.8. The Labute approximate surface area is 373 Å². The summed E-state index contributed by atoms with van der Waals surface area (Å²) in [6, 6.07) is -0.554. The maximum Gasteiger partial charge on any atom is 0.305 e. The van der Waals surface area contributed by atoms with Gasteiger partial charge in [0, 0.05) is 12.8 Å². The lowest BCUT2D eigenvalue weighted by Gasteiger charge is -2.22. The molecule has 60 heavy (non-hydrogen) atoms. The third kappa shape index (κ3) is 45.9. The van der Waals surface area contributed by atoms with Crippen LogP contribution in [0.2, 0.25) is 0 Å². The monoisotopic (exact) mass is 846 g/mol. The summed E-state index contributed by atoms with van der Waals surface area (Å²) in [5, 5.41) is 23.3. The Balaban J connectivity index is 3.47. The van der Waals surface area contributed by atoms with E-state index in [4.69, 9.17) is 4.74 Å². The zero-order valence-corrected chi connectivity index (χ0v) is 40.2. The average Bonchev–Trinajstić information content (AvgIpc) is 3.25. The van der Waals surface area contributed by atoms with E-state index >= 15 is 0 Å². The van der Waals surface area contributed by atoms with Crippen molar-refractivity contribution in [3.05, 3.63) is 24.3 Å². The Bertz CT molecular complexity index is 935. The van der Waals surface area contributed by atoms with E-state index in [0.29, 0.717) is 25.9 Å². The van der Waals surface area contributed by atoms with Crippen molar-refractivity contribution in [1.82, 2.24) is 5.32 Å². The van der Waals surface area contributed by atoms with Gasteiger partial charge in [-0.15, -0.1) is 0 Å². The van der Waals surface area contributed by atoms with Crippen LogP contribution < -0.4 is 5.32 Å². The van der Waals surface area contributed by atoms with Crippen LogP contribution in [0.15, 0.2) is 24.3 Å². The minimum atomic E-state index is -0.675. The Morgan fingerprint density at radius 3 is 1.32 bits per heavy atom. The van der Waals surface area contributed by atoms with Crippen molar-refractivity contribution in [3.8, 4) is 0 Å². The molecule has 354 valence electrons. The number of nitrogens with one attached hydrogen (secondary N) is 1. The molecular weight excluding hydrogens is 743 g/mol. The summed E-state index contributed by atoms with van der Waals surface area (Å²) in [4.78, 5) is 24.5. The summed E-state index contributed by atoms with van der Waals surface area (Å²) in [6.07, 6.45) is 58.6. The van der Waals surface area contributed by atoms with Gasteiger partial charge in [0.25, 0.3) is 0 Å². The maximum atomic E-state index is 12.5. The van der Waals surface area contributed by atoms with Crippen molar-refractivity contribution in [2.75, 3.05) is 13.2 Å². The summed E-state index contributed by atoms with van der Waals surface area (Å²) < 4.78 is 5.45. The molecule has 0 saturated heterocycles. The quantitative estimate of drug-likeness (QED) is 0.0322. The van der Waals surface area contributed by atoms with Crippen molar-refractivity contribution in [2.24, 2.45) is 0 Å². The molecule has 0 rings (SSSR count). The van der Waals surface area contributed by atoms with Crippen molar-refractivity contribution < 1.29 is 24.5 Å². The molecule has 0 saturated carbocycles. The van der Waals surface area contributed by atoms with Crippen molar-refractivity contribution in [3.63, 3.8) is 0 Å². The Hall–Kier alpha value is -1.66. The number of hydrogen-bond acceptors (Lipinski definition) is 5. The lowest BCUT2D eigenvalue weighted by molar-refractivity contribution is -0.143. The molecule has 2 atom stereocenters. The Morgan fingerprint density at radius 1 is 0.467 bits per heavy atom. The first-order chi connectivity index (χ1) is 29.5. The second kappa shape index (κ2) is 50.0. The predicted molar refractivity (Wildman–Crippen MR) is 260 cm³/mol. The number of ether oxygens (including phenoxy) is 1. The second-order valence-electron chi connectivity index (χ2n) is 18.2. The van der Waals surface area contributed by atoms with E-state index < -0.39 is 12.1 Å². The number of aliphatic hydroxyl groups is 2. The van der Waals surface area contributed by atoms with Crippen molar-refractivity contribution in [2.45, 2.75) is 296 Å². The molecule has 0 fully saturated rings. The number of aliphatic hydroxyl groups excluding tert-OH is 2. The first kappa shape index (κ1) is 58.3. The largest absolute Gasteiger partial charge is 0.466 e. The number of unbranched alkanes of at least 4 members (excludes halogenated alkanes) is 34. The fourth-order valence-electron chi connectivity index (χ4n) is 8.13. The highest BCUT2D eigenvalue weighted by atomic mass is 16.5. The van der Waals surface area contributed by atoms with Gasteiger partial charge in [-0.1, -0.05) is 244 Å². The fraction of sp³-hybridized carbons (Fsp3) is 0.889. The number of allylic oxidation sites excluding steroid dienone is 4. The van der Waals surface area contributed by atoms with Gasteiger partial charge in [0.15, 0.2) is 0 Å². The molecule has 6 heteroatoms. The van der Waals surface area contributed by atoms with E-state index in [-0.39, 0.29) is 18.5 Å². The van der Waals surface area contributed by atoms with Crippen LogP contribution in [0.25, 0.3) is 0 Å². The minimum Gasteiger partial charge on any atom is -0.466 e. The first-order valence-corrected chi connectivity index (χ1v) is 26.6. The minimum absolute atomic E-state index is 0.0236. The molecule has 0 aromatic heterocycles. The fourth-order valence-corrected chi connectivity index (χ4v) is 8.13. The molecule has 0 spiro atoms. The van der Waals surface area contributed by atoms with E-state index in [2.05, 4.69) is 43.5 Å². The number of hydrogen-bond donors (Lipinski definition) is 3. The third-order valence-corrected chi connectivity index (χ3v) is 12.3. The van der Waals surface area contributed by atoms with Crippen LogP contribution in [0, 0.1) is 0 Å². The maximum absolute atomic E-state index is 12.5. The van der Waals surface area contributed by atoms with Crippen molar-refractivity contribution >= 4 is 11.9 Å². The van der Waals surface area contributed by atoms with E-state index in [1.807, 2.05) is 0 Å². The molecule has 2 unspecified atom stereocenters. The van der Waals surface area contributed by atoms with Gasteiger partial charge in [-0.05, 0) is 51.4 Å². The molecule has 0 radical (unpaired) electrons. The Kier molecular flexibility index (Phi) is 48.6. The number of carbonyl (C=O) groups is 2. The highest BCUT2D eigenvalue weighted by Gasteiger charge is 2.20. The molecule has 3 N–H and O–H groups in total. The van der Waals surface area contributed by atoms with E-state index in [0.717, 1.165) is 70.6 Å². The van der Waals surface area contributed by atoms with E-state index in [1.54, 1.807) is 0 Å². The van der Waals surface area contributed by atoms with Gasteiger partial charge in [0.2, 0.25) is 5.91 Å². The van der Waals surface area contributed by atoms with Gasteiger partial charge < -0.3 is 20.3 Å². The van der Waals surface area contributed by atoms with Gasteiger partial charge >= 0.3 is 5.97 Å². The summed E-state index contributed by atoms with van der Waals surface area (Å²) in [6.45, 7) is 4.88. The predicted octanol–water partition coefficient (Wildman–Crippen LogP) is 15.9. The van der Waals surface area contributed by atoms with E-state index in [9.17, 15) is 19.8 Å². The topological polar surface area (TPSA) is 95.9 Å². The van der Waals surface area contributed by atoms with Crippen LogP contribution >= 0.6 is 0 Å². The van der Waals surface area contributed by atoms with Crippen molar-refractivity contribution in [1.29, 1.82) is 0 Å². The molecule has 0 bridgehead atoms. The molecule has 0 aromatic rings. The third-order valence-electron chi connectivity index (χ3n) is 12.3. The molecule has 0 aliphatic carbocycles. The highest BCUT2D eigenvalue weighted by Crippen LogP contribution is 2.17. The van der Waals surface area contributed by atoms with Gasteiger partial charge in [-0.25, -0.2) is 0 Å². The SMILES string of the molecule is CCCC/C=C\C/C=C\CCCCCCCC(=O)OCCCCCCCCCCCCCCC(=O)NC(CO)C(O)CCCCCCCCCCCCCCCCCCC. The molecule has 0 heterocycles. The summed E-state index contributed by atoms with van der Waals surface area (Å²) in [5.41, 5.74) is 0. The molecular formula is C54H103NO5. The standard InChI is InChI=1S/C54H103NO5/c1-3-5-7-9-11-13-15-17-19-20-21-22-26-30-34-38-42-46-52(57)51(50-56)55-53(58)47-43-39-35-31-27-24-25-29-33-37-41-45-49-60-54(59)48-44-40-36-32-28-23-18-16-14-12-10-8-6-4-2/h10,12,16,18,51-52,56-57H,3-9,11,13-15,17,19-50H2,1-2H3,(H,55,58)/b12-10-,18-16-. The van der Waals surface area contributed by atoms with Crippen LogP contribution in [-0.4, -0.2) is 47.4 Å². The lowest BCUT2D eigenvalue weighted by atomic mass is 10.0. The summed E-state index contributed by atoms with van der Waals surface area (Å²) in [7, 11) is 0. The summed E-state index contributed by atoms with van der Waals surface area (Å²) in [5.74, 6) is -0.0737. The van der Waals surface area contributed by atoms with Crippen LogP contribution in [0.5, 0.6) is 0 Å². The Morgan fingerprint density at radius 2 is 0.850 bits per heavy atom. The van der Waals surface area contributed by atoms with Crippen LogP contribution in [0.3, 0.4) is 0 Å². The molecule has 6 nitrogen and oxygen atoms in total. The van der Waals surface area contributed by atoms with Crippen LogP contribution in [0.4, 0.5) is 0 Å².